The fraction of sp³-hybridized carbons (Fsp3) is 0.367. The third-order valence-electron chi connectivity index (χ3n) is 8.26. The van der Waals surface area contributed by atoms with Gasteiger partial charge < -0.3 is 15.1 Å². The third kappa shape index (κ3) is 4.11. The monoisotopic (exact) mass is 518 g/mol. The number of hydrogen-bond donors (Lipinski definition) is 1. The maximum absolute atomic E-state index is 12.9. The average Bonchev–Trinajstić information content (AvgIpc) is 3.61. The van der Waals surface area contributed by atoms with Gasteiger partial charge in [0.1, 0.15) is 5.41 Å². The molecule has 0 radical (unpaired) electrons. The van der Waals surface area contributed by atoms with Crippen molar-refractivity contribution in [3.05, 3.63) is 65.5 Å². The smallest absolute Gasteiger partial charge is 0.243 e. The summed E-state index contributed by atoms with van der Waals surface area (Å²) in [6.45, 7) is 8.05. The molecule has 2 aliphatic rings. The van der Waals surface area contributed by atoms with E-state index >= 15 is 0 Å². The molecule has 9 heteroatoms. The Morgan fingerprint density at radius 2 is 2.00 bits per heavy atom. The number of nitriles is 2. The Morgan fingerprint density at radius 1 is 1.18 bits per heavy atom. The van der Waals surface area contributed by atoms with E-state index in [9.17, 15) is 15.3 Å². The molecule has 1 aliphatic carbocycles. The summed E-state index contributed by atoms with van der Waals surface area (Å²) in [5, 5.41) is 29.4. The zero-order chi connectivity index (χ0) is 27.3. The predicted molar refractivity (Wildman–Crippen MR) is 149 cm³/mol. The number of imidazole rings is 1. The number of amides is 1. The second kappa shape index (κ2) is 9.28. The van der Waals surface area contributed by atoms with Gasteiger partial charge in [-0.15, -0.1) is 5.10 Å². The van der Waals surface area contributed by atoms with Crippen LogP contribution in [0.3, 0.4) is 0 Å². The summed E-state index contributed by atoms with van der Waals surface area (Å²) >= 11 is 0. The van der Waals surface area contributed by atoms with Crippen molar-refractivity contribution in [3.8, 4) is 12.1 Å². The van der Waals surface area contributed by atoms with Gasteiger partial charge >= 0.3 is 0 Å². The minimum Gasteiger partial charge on any atom is -0.365 e. The van der Waals surface area contributed by atoms with Gasteiger partial charge in [-0.25, -0.2) is 9.50 Å². The van der Waals surface area contributed by atoms with Crippen molar-refractivity contribution < 1.29 is 4.79 Å². The Hall–Kier alpha value is -4.63. The third-order valence-corrected chi connectivity index (χ3v) is 8.26. The maximum atomic E-state index is 12.9. The quantitative estimate of drug-likeness (QED) is 0.411. The van der Waals surface area contributed by atoms with Gasteiger partial charge in [-0.05, 0) is 69.0 Å². The minimum atomic E-state index is -0.783. The fourth-order valence-electron chi connectivity index (χ4n) is 5.79. The Morgan fingerprint density at radius 3 is 2.72 bits per heavy atom. The molecule has 1 saturated heterocycles. The number of carbonyl (C=O) groups excluding carboxylic acids is 1. The Labute approximate surface area is 227 Å². The molecule has 0 unspecified atom stereocenters. The van der Waals surface area contributed by atoms with E-state index in [1.807, 2.05) is 36.2 Å². The van der Waals surface area contributed by atoms with Crippen LogP contribution in [0.25, 0.3) is 16.4 Å². The topological polar surface area (TPSA) is 113 Å². The van der Waals surface area contributed by atoms with E-state index in [2.05, 4.69) is 59.4 Å². The zero-order valence-corrected chi connectivity index (χ0v) is 22.3. The Kier molecular flexibility index (Phi) is 5.88. The van der Waals surface area contributed by atoms with Crippen molar-refractivity contribution in [2.75, 3.05) is 29.9 Å². The zero-order valence-electron chi connectivity index (χ0n) is 22.3. The molecular weight excluding hydrogens is 488 g/mol. The number of hydrogen-bond acceptors (Lipinski definition) is 7. The van der Waals surface area contributed by atoms with Crippen molar-refractivity contribution >= 4 is 33.8 Å². The Balaban J connectivity index is 1.33. The molecule has 39 heavy (non-hydrogen) atoms. The molecule has 1 saturated carbocycles. The molecule has 2 fully saturated rings. The van der Waals surface area contributed by atoms with Gasteiger partial charge in [-0.3, -0.25) is 4.79 Å². The van der Waals surface area contributed by atoms with Gasteiger partial charge in [0, 0.05) is 54.5 Å². The first-order chi connectivity index (χ1) is 18.8. The van der Waals surface area contributed by atoms with Crippen LogP contribution in [-0.4, -0.2) is 51.1 Å². The van der Waals surface area contributed by atoms with Crippen LogP contribution in [0.4, 0.5) is 11.5 Å². The standard InChI is InChI=1S/C30H30N8O/c1-19-17-36(29(39)30(18-32)9-10-30)13-14-37(19)23-7-8-25-26(15-23)27(35-38-12-11-33-28(25)38)34-21(3)24-6-4-5-22(16-31)20(24)2/h4-8,11-12,15,19,21H,9-10,13-14,17H2,1-3H3,(H,34,35)/t19-,21+/m0/s1. The first kappa shape index (κ1) is 24.7. The van der Waals surface area contributed by atoms with E-state index < -0.39 is 5.41 Å². The van der Waals surface area contributed by atoms with Crippen molar-refractivity contribution in [2.45, 2.75) is 45.7 Å². The summed E-state index contributed by atoms with van der Waals surface area (Å²) in [5.74, 6) is 0.718. The molecule has 2 aromatic heterocycles. The fourth-order valence-corrected chi connectivity index (χ4v) is 5.79. The summed E-state index contributed by atoms with van der Waals surface area (Å²) < 4.78 is 1.78. The Bertz CT molecular complexity index is 1690. The molecular formula is C30H30N8O. The molecule has 1 aliphatic heterocycles. The number of benzene rings is 2. The van der Waals surface area contributed by atoms with Crippen LogP contribution in [0.1, 0.15) is 49.4 Å². The van der Waals surface area contributed by atoms with Gasteiger partial charge in [0.05, 0.1) is 23.7 Å². The van der Waals surface area contributed by atoms with Crippen LogP contribution in [0, 0.1) is 35.0 Å². The highest BCUT2D eigenvalue weighted by atomic mass is 16.2. The first-order valence-electron chi connectivity index (χ1n) is 13.4. The number of carbonyl (C=O) groups is 1. The van der Waals surface area contributed by atoms with Crippen molar-refractivity contribution in [3.63, 3.8) is 0 Å². The van der Waals surface area contributed by atoms with Crippen LogP contribution in [0.5, 0.6) is 0 Å². The summed E-state index contributed by atoms with van der Waals surface area (Å²) in [6, 6.07) is 16.7. The van der Waals surface area contributed by atoms with E-state index in [1.54, 1.807) is 10.7 Å². The lowest BCUT2D eigenvalue weighted by Crippen LogP contribution is -2.55. The molecule has 2 aromatic carbocycles. The SMILES string of the molecule is Cc1c(C#N)cccc1[C@@H](C)Nc1nn2ccnc2c2ccc(N3CCN(C(=O)C4(C#N)CC4)C[C@@H]3C)cc12. The van der Waals surface area contributed by atoms with Gasteiger partial charge in [0.15, 0.2) is 11.5 Å². The van der Waals surface area contributed by atoms with Crippen molar-refractivity contribution in [2.24, 2.45) is 5.41 Å². The van der Waals surface area contributed by atoms with Crippen molar-refractivity contribution in [1.29, 1.82) is 10.5 Å². The van der Waals surface area contributed by atoms with Gasteiger partial charge in [-0.1, -0.05) is 12.1 Å². The average molecular weight is 519 g/mol. The van der Waals surface area contributed by atoms with Gasteiger partial charge in [0.25, 0.3) is 0 Å². The normalized spacial score (nSPS) is 18.9. The molecule has 3 heterocycles. The van der Waals surface area contributed by atoms with E-state index in [1.165, 1.54) is 0 Å². The predicted octanol–water partition coefficient (Wildman–Crippen LogP) is 4.58. The molecule has 2 atom stereocenters. The molecule has 0 spiro atoms. The first-order valence-corrected chi connectivity index (χ1v) is 13.4. The van der Waals surface area contributed by atoms with E-state index in [0.29, 0.717) is 38.0 Å². The minimum absolute atomic E-state index is 0.0165. The summed E-state index contributed by atoms with van der Waals surface area (Å²) in [4.78, 5) is 21.7. The second-order valence-corrected chi connectivity index (χ2v) is 10.8. The maximum Gasteiger partial charge on any atom is 0.243 e. The highest BCUT2D eigenvalue weighted by Gasteiger charge is 2.53. The van der Waals surface area contributed by atoms with Crippen LogP contribution in [0.15, 0.2) is 48.8 Å². The number of rotatable bonds is 5. The van der Waals surface area contributed by atoms with Gasteiger partial charge in [0.2, 0.25) is 5.91 Å². The second-order valence-electron chi connectivity index (χ2n) is 10.8. The highest BCUT2D eigenvalue weighted by Crippen LogP contribution is 2.47. The van der Waals surface area contributed by atoms with Crippen molar-refractivity contribution in [1.82, 2.24) is 19.5 Å². The summed E-state index contributed by atoms with van der Waals surface area (Å²) in [7, 11) is 0. The van der Waals surface area contributed by atoms with Gasteiger partial charge in [-0.2, -0.15) is 10.5 Å². The number of aromatic nitrogens is 3. The molecule has 0 bridgehead atoms. The molecule has 4 aromatic rings. The lowest BCUT2D eigenvalue weighted by molar-refractivity contribution is -0.135. The molecule has 6 rings (SSSR count). The lowest BCUT2D eigenvalue weighted by Gasteiger charge is -2.42. The molecule has 9 nitrogen and oxygen atoms in total. The summed E-state index contributed by atoms with van der Waals surface area (Å²) in [5.41, 5.74) is 3.73. The number of anilines is 2. The molecule has 196 valence electrons. The number of piperazine rings is 1. The molecule has 1 N–H and O–H groups in total. The van der Waals surface area contributed by atoms with Crippen LogP contribution < -0.4 is 10.2 Å². The largest absolute Gasteiger partial charge is 0.365 e. The lowest BCUT2D eigenvalue weighted by atomic mass is 9.98. The highest BCUT2D eigenvalue weighted by molar-refractivity contribution is 6.02. The summed E-state index contributed by atoms with van der Waals surface area (Å²) in [6.07, 6.45) is 4.93. The van der Waals surface area contributed by atoms with E-state index in [4.69, 9.17) is 5.10 Å². The van der Waals surface area contributed by atoms with E-state index in [0.717, 1.165) is 39.1 Å². The number of nitrogens with zero attached hydrogens (tertiary/aromatic N) is 7. The van der Waals surface area contributed by atoms with E-state index in [-0.39, 0.29) is 18.0 Å². The van der Waals surface area contributed by atoms with Crippen LogP contribution in [-0.2, 0) is 4.79 Å². The van der Waals surface area contributed by atoms with Crippen LogP contribution >= 0.6 is 0 Å². The number of fused-ring (bicyclic) bond motifs is 3. The molecule has 1 amide bonds. The number of nitrogens with one attached hydrogen (secondary N) is 1. The van der Waals surface area contributed by atoms with Crippen LogP contribution in [0.2, 0.25) is 0 Å².